The van der Waals surface area contributed by atoms with Gasteiger partial charge >= 0.3 is 0 Å². The second-order valence-electron chi connectivity index (χ2n) is 5.65. The zero-order valence-corrected chi connectivity index (χ0v) is 14.9. The molecular formula is C17H16N2O4S2. The topological polar surface area (TPSA) is 95.5 Å². The number of carbonyl (C=O) groups excluding carboxylic acids is 1. The predicted molar refractivity (Wildman–Crippen MR) is 98.5 cm³/mol. The maximum atomic E-state index is 12.4. The summed E-state index contributed by atoms with van der Waals surface area (Å²) in [5.41, 5.74) is 3.73. The molecule has 3 aromatic rings. The van der Waals surface area contributed by atoms with Crippen molar-refractivity contribution in [2.24, 2.45) is 0 Å². The van der Waals surface area contributed by atoms with Crippen LogP contribution in [0.1, 0.15) is 20.8 Å². The summed E-state index contributed by atoms with van der Waals surface area (Å²) in [4.78, 5) is 11.8. The summed E-state index contributed by atoms with van der Waals surface area (Å²) >= 11 is 1.21. The van der Waals surface area contributed by atoms with E-state index in [2.05, 4.69) is 4.72 Å². The summed E-state index contributed by atoms with van der Waals surface area (Å²) in [5, 5.41) is 9.42. The van der Waals surface area contributed by atoms with Crippen LogP contribution in [0.4, 0.5) is 5.69 Å². The second-order valence-corrected chi connectivity index (χ2v) is 8.46. The van der Waals surface area contributed by atoms with Gasteiger partial charge in [-0.3, -0.25) is 14.7 Å². The molecule has 0 fully saturated rings. The molecule has 2 aromatic carbocycles. The van der Waals surface area contributed by atoms with E-state index in [1.165, 1.54) is 11.3 Å². The van der Waals surface area contributed by atoms with E-state index in [0.29, 0.717) is 16.1 Å². The Morgan fingerprint density at radius 1 is 1.16 bits per heavy atom. The number of rotatable bonds is 5. The van der Waals surface area contributed by atoms with E-state index in [4.69, 9.17) is 5.21 Å². The van der Waals surface area contributed by atoms with Gasteiger partial charge in [-0.05, 0) is 42.1 Å². The van der Waals surface area contributed by atoms with Crippen LogP contribution in [-0.2, 0) is 15.8 Å². The van der Waals surface area contributed by atoms with Gasteiger partial charge in [0, 0.05) is 10.4 Å². The third-order valence-electron chi connectivity index (χ3n) is 3.55. The number of carbonyl (C=O) groups is 1. The van der Waals surface area contributed by atoms with E-state index < -0.39 is 15.9 Å². The Labute approximate surface area is 149 Å². The third kappa shape index (κ3) is 4.16. The molecule has 130 valence electrons. The monoisotopic (exact) mass is 376 g/mol. The van der Waals surface area contributed by atoms with Crippen LogP contribution in [0, 0.1) is 6.92 Å². The van der Waals surface area contributed by atoms with Gasteiger partial charge in [-0.25, -0.2) is 13.9 Å². The van der Waals surface area contributed by atoms with Gasteiger partial charge in [0.05, 0.1) is 10.6 Å². The highest BCUT2D eigenvalue weighted by Gasteiger charge is 2.14. The first-order valence-electron chi connectivity index (χ1n) is 7.40. The number of nitrogens with one attached hydrogen (secondary N) is 2. The standard InChI is InChI=1S/C17H16N2O4S2/c1-11-3-2-4-12(7-11)10-25(22,23)19-14-5-6-15-13(8-14)9-16(24-15)17(20)18-21/h2-9,19,21H,10H2,1H3,(H,18,20). The molecule has 0 saturated carbocycles. The molecule has 6 nitrogen and oxygen atoms in total. The van der Waals surface area contributed by atoms with Crippen molar-refractivity contribution in [2.45, 2.75) is 12.7 Å². The normalized spacial score (nSPS) is 11.4. The van der Waals surface area contributed by atoms with Crippen molar-refractivity contribution in [1.82, 2.24) is 5.48 Å². The molecule has 0 atom stereocenters. The molecule has 1 heterocycles. The Kier molecular flexibility index (Phi) is 4.76. The largest absolute Gasteiger partial charge is 0.288 e. The second kappa shape index (κ2) is 6.83. The summed E-state index contributed by atoms with van der Waals surface area (Å²) in [5.74, 6) is -0.711. The number of benzene rings is 2. The summed E-state index contributed by atoms with van der Waals surface area (Å²) in [6.45, 7) is 1.91. The van der Waals surface area contributed by atoms with Crippen molar-refractivity contribution in [3.8, 4) is 0 Å². The zero-order valence-electron chi connectivity index (χ0n) is 13.3. The molecule has 0 unspecified atom stereocenters. The van der Waals surface area contributed by atoms with Gasteiger partial charge in [-0.1, -0.05) is 29.8 Å². The number of anilines is 1. The summed E-state index contributed by atoms with van der Waals surface area (Å²) < 4.78 is 28.1. The Morgan fingerprint density at radius 2 is 1.96 bits per heavy atom. The van der Waals surface area contributed by atoms with E-state index in [1.54, 1.807) is 35.8 Å². The SMILES string of the molecule is Cc1cccc(CS(=O)(=O)Nc2ccc3sc(C(=O)NO)cc3c2)c1. The number of fused-ring (bicyclic) bond motifs is 1. The minimum atomic E-state index is -3.55. The first kappa shape index (κ1) is 17.4. The van der Waals surface area contributed by atoms with Gasteiger partial charge in [-0.15, -0.1) is 11.3 Å². The van der Waals surface area contributed by atoms with Crippen LogP contribution in [0.25, 0.3) is 10.1 Å². The molecule has 0 radical (unpaired) electrons. The van der Waals surface area contributed by atoms with Crippen LogP contribution in [0.15, 0.2) is 48.5 Å². The van der Waals surface area contributed by atoms with E-state index >= 15 is 0 Å². The van der Waals surface area contributed by atoms with Gasteiger partial charge in [0.15, 0.2) is 0 Å². The molecule has 8 heteroatoms. The summed E-state index contributed by atoms with van der Waals surface area (Å²) in [6, 6.07) is 14.0. The Morgan fingerprint density at radius 3 is 2.68 bits per heavy atom. The van der Waals surface area contributed by atoms with Crippen molar-refractivity contribution in [3.05, 3.63) is 64.5 Å². The molecule has 0 saturated heterocycles. The van der Waals surface area contributed by atoms with Crippen molar-refractivity contribution >= 4 is 43.0 Å². The van der Waals surface area contributed by atoms with Crippen molar-refractivity contribution in [3.63, 3.8) is 0 Å². The number of sulfonamides is 1. The molecule has 0 aliphatic heterocycles. The van der Waals surface area contributed by atoms with Crippen LogP contribution in [0.2, 0.25) is 0 Å². The lowest BCUT2D eigenvalue weighted by atomic mass is 10.2. The molecule has 1 amide bonds. The lowest BCUT2D eigenvalue weighted by Gasteiger charge is -2.08. The Bertz CT molecular complexity index is 1040. The molecule has 3 N–H and O–H groups in total. The van der Waals surface area contributed by atoms with Crippen molar-refractivity contribution in [2.75, 3.05) is 4.72 Å². The van der Waals surface area contributed by atoms with Crippen molar-refractivity contribution < 1.29 is 18.4 Å². The highest BCUT2D eigenvalue weighted by atomic mass is 32.2. The molecule has 25 heavy (non-hydrogen) atoms. The van der Waals surface area contributed by atoms with Crippen LogP contribution in [0.3, 0.4) is 0 Å². The molecule has 1 aromatic heterocycles. The molecule has 0 spiro atoms. The van der Waals surface area contributed by atoms with Crippen LogP contribution in [0.5, 0.6) is 0 Å². The molecule has 3 rings (SSSR count). The van der Waals surface area contributed by atoms with E-state index in [1.807, 2.05) is 25.1 Å². The Balaban J connectivity index is 1.82. The van der Waals surface area contributed by atoms with Gasteiger partial charge in [-0.2, -0.15) is 0 Å². The van der Waals surface area contributed by atoms with Gasteiger partial charge in [0.1, 0.15) is 0 Å². The van der Waals surface area contributed by atoms with Crippen LogP contribution >= 0.6 is 11.3 Å². The fourth-order valence-electron chi connectivity index (χ4n) is 2.51. The molecule has 0 bridgehead atoms. The van der Waals surface area contributed by atoms with E-state index in [9.17, 15) is 13.2 Å². The highest BCUT2D eigenvalue weighted by Crippen LogP contribution is 2.28. The first-order valence-corrected chi connectivity index (χ1v) is 9.87. The number of hydroxylamine groups is 1. The van der Waals surface area contributed by atoms with E-state index in [-0.39, 0.29) is 5.75 Å². The number of thiophene rings is 1. The number of amides is 1. The minimum Gasteiger partial charge on any atom is -0.288 e. The maximum absolute atomic E-state index is 12.4. The van der Waals surface area contributed by atoms with Gasteiger partial charge < -0.3 is 0 Å². The lowest BCUT2D eigenvalue weighted by Crippen LogP contribution is -2.16. The zero-order chi connectivity index (χ0) is 18.0. The van der Waals surface area contributed by atoms with Crippen LogP contribution < -0.4 is 10.2 Å². The summed E-state index contributed by atoms with van der Waals surface area (Å²) in [7, 11) is -3.55. The van der Waals surface area contributed by atoms with Gasteiger partial charge in [0.25, 0.3) is 5.91 Å². The molecular weight excluding hydrogens is 360 g/mol. The fraction of sp³-hybridized carbons (Fsp3) is 0.118. The quantitative estimate of drug-likeness (QED) is 0.470. The number of hydrogen-bond acceptors (Lipinski definition) is 5. The highest BCUT2D eigenvalue weighted by molar-refractivity contribution is 7.91. The first-order chi connectivity index (χ1) is 11.9. The lowest BCUT2D eigenvalue weighted by molar-refractivity contribution is 0.0711. The molecule has 0 aliphatic rings. The smallest absolute Gasteiger partial charge is 0.284 e. The fourth-order valence-corrected chi connectivity index (χ4v) is 4.62. The van der Waals surface area contributed by atoms with E-state index in [0.717, 1.165) is 15.6 Å². The van der Waals surface area contributed by atoms with Gasteiger partial charge in [0.2, 0.25) is 10.0 Å². The summed E-state index contributed by atoms with van der Waals surface area (Å²) in [6.07, 6.45) is 0. The number of aryl methyl sites for hydroxylation is 1. The molecule has 0 aliphatic carbocycles. The Hall–Kier alpha value is -2.42. The predicted octanol–water partition coefficient (Wildman–Crippen LogP) is 3.27. The average molecular weight is 376 g/mol. The third-order valence-corrected chi connectivity index (χ3v) is 5.93. The maximum Gasteiger partial charge on any atom is 0.284 e. The van der Waals surface area contributed by atoms with Crippen molar-refractivity contribution in [1.29, 1.82) is 0 Å². The number of hydrogen-bond donors (Lipinski definition) is 3. The average Bonchev–Trinajstić information content (AvgIpc) is 2.96. The minimum absolute atomic E-state index is 0.117. The van der Waals surface area contributed by atoms with Crippen LogP contribution in [-0.4, -0.2) is 19.5 Å².